The molecule has 1 aromatic carbocycles. The first-order chi connectivity index (χ1) is 16.8. The summed E-state index contributed by atoms with van der Waals surface area (Å²) in [5.41, 5.74) is 3.71. The van der Waals surface area contributed by atoms with Gasteiger partial charge in [-0.1, -0.05) is 0 Å². The topological polar surface area (TPSA) is 73.3 Å². The molecule has 3 aromatic heterocycles. The van der Waals surface area contributed by atoms with Gasteiger partial charge in [-0.05, 0) is 56.2 Å². The van der Waals surface area contributed by atoms with E-state index >= 15 is 0 Å². The van der Waals surface area contributed by atoms with Crippen molar-refractivity contribution in [3.05, 3.63) is 71.1 Å². The third-order valence-corrected chi connectivity index (χ3v) is 6.19. The Morgan fingerprint density at radius 1 is 1.03 bits per heavy atom. The summed E-state index contributed by atoms with van der Waals surface area (Å²) < 4.78 is 40.0. The van der Waals surface area contributed by atoms with E-state index in [-0.39, 0.29) is 17.8 Å². The normalized spacial score (nSPS) is 18.2. The molecule has 0 saturated carbocycles. The summed E-state index contributed by atoms with van der Waals surface area (Å²) in [6.45, 7) is 6.82. The molecule has 1 aliphatic heterocycles. The van der Waals surface area contributed by atoms with Gasteiger partial charge in [0.25, 0.3) is 0 Å². The van der Waals surface area contributed by atoms with Gasteiger partial charge in [0.05, 0.1) is 25.5 Å². The van der Waals surface area contributed by atoms with Crippen molar-refractivity contribution in [2.75, 3.05) is 25.1 Å². The van der Waals surface area contributed by atoms with Gasteiger partial charge in [0.1, 0.15) is 17.7 Å². The summed E-state index contributed by atoms with van der Waals surface area (Å²) in [6, 6.07) is 9.12. The van der Waals surface area contributed by atoms with E-state index in [1.54, 1.807) is 13.3 Å². The summed E-state index contributed by atoms with van der Waals surface area (Å²) >= 11 is 0. The summed E-state index contributed by atoms with van der Waals surface area (Å²) in [7, 11) is 1.57. The molecule has 0 bridgehead atoms. The monoisotopic (exact) mass is 477 g/mol. The predicted molar refractivity (Wildman–Crippen MR) is 128 cm³/mol. The van der Waals surface area contributed by atoms with Crippen LogP contribution in [0.25, 0.3) is 22.3 Å². The number of rotatable bonds is 4. The number of fused-ring (bicyclic) bond motifs is 1. The van der Waals surface area contributed by atoms with Crippen LogP contribution in [0.3, 0.4) is 0 Å². The first-order valence-electron chi connectivity index (χ1n) is 11.3. The molecule has 0 amide bonds. The number of morpholine rings is 1. The summed E-state index contributed by atoms with van der Waals surface area (Å²) in [6.07, 6.45) is 1.29. The van der Waals surface area contributed by atoms with E-state index in [4.69, 9.17) is 19.4 Å². The lowest BCUT2D eigenvalue weighted by molar-refractivity contribution is -0.0179. The van der Waals surface area contributed by atoms with Gasteiger partial charge < -0.3 is 14.4 Å². The number of hydrogen-bond acceptors (Lipinski definition) is 7. The molecule has 0 spiro atoms. The quantitative estimate of drug-likeness (QED) is 0.411. The van der Waals surface area contributed by atoms with Crippen molar-refractivity contribution < 1.29 is 18.3 Å². The maximum atomic E-state index is 14.9. The SMILES string of the molecule is COc1cc([C@H]2CN(c3nc(-c4ccc(F)cc4F)c4cc(C)c(C)nc4n3)C[C@@H](C)O2)ccn1. The first kappa shape index (κ1) is 23.0. The minimum atomic E-state index is -0.689. The van der Waals surface area contributed by atoms with E-state index in [0.717, 1.165) is 22.9 Å². The van der Waals surface area contributed by atoms with E-state index in [2.05, 4.69) is 9.97 Å². The molecular formula is C26H25F2N5O2. The molecule has 1 saturated heterocycles. The van der Waals surface area contributed by atoms with Crippen LogP contribution in [0.15, 0.2) is 42.6 Å². The molecule has 2 atom stereocenters. The minimum Gasteiger partial charge on any atom is -0.481 e. The molecule has 1 aliphatic rings. The fourth-order valence-electron chi connectivity index (χ4n) is 4.30. The number of anilines is 1. The van der Waals surface area contributed by atoms with Gasteiger partial charge in [0.2, 0.25) is 11.8 Å². The molecule has 4 aromatic rings. The van der Waals surface area contributed by atoms with Crippen LogP contribution in [0.5, 0.6) is 5.88 Å². The standard InChI is InChI=1S/C26H25F2N5O2/c1-14-9-20-24(19-6-5-18(27)11-21(19)28)31-26(32-25(20)30-16(14)3)33-12-15(2)35-22(13-33)17-7-8-29-23(10-17)34-4/h5-11,15,22H,12-13H2,1-4H3/t15-,22-/m1/s1. The number of aromatic nitrogens is 4. The van der Waals surface area contributed by atoms with Gasteiger partial charge in [0, 0.05) is 41.5 Å². The lowest BCUT2D eigenvalue weighted by Crippen LogP contribution is -2.43. The average Bonchev–Trinajstić information content (AvgIpc) is 2.84. The largest absolute Gasteiger partial charge is 0.481 e. The highest BCUT2D eigenvalue weighted by molar-refractivity contribution is 5.92. The maximum Gasteiger partial charge on any atom is 0.228 e. The van der Waals surface area contributed by atoms with Gasteiger partial charge in [-0.15, -0.1) is 0 Å². The van der Waals surface area contributed by atoms with Crippen molar-refractivity contribution in [3.63, 3.8) is 0 Å². The Balaban J connectivity index is 1.62. The molecule has 35 heavy (non-hydrogen) atoms. The van der Waals surface area contributed by atoms with Crippen LogP contribution in [-0.2, 0) is 4.74 Å². The molecule has 0 radical (unpaired) electrons. The molecule has 180 valence electrons. The van der Waals surface area contributed by atoms with Crippen molar-refractivity contribution in [2.45, 2.75) is 33.0 Å². The van der Waals surface area contributed by atoms with Crippen molar-refractivity contribution >= 4 is 17.0 Å². The second-order valence-electron chi connectivity index (χ2n) is 8.73. The highest BCUT2D eigenvalue weighted by Crippen LogP contribution is 2.33. The number of halogens is 2. The lowest BCUT2D eigenvalue weighted by atomic mass is 10.1. The maximum absolute atomic E-state index is 14.9. The van der Waals surface area contributed by atoms with Crippen LogP contribution < -0.4 is 9.64 Å². The molecule has 1 fully saturated rings. The van der Waals surface area contributed by atoms with E-state index in [1.807, 2.05) is 43.9 Å². The molecule has 0 aliphatic carbocycles. The summed E-state index contributed by atoms with van der Waals surface area (Å²) in [5.74, 6) is -0.422. The number of hydrogen-bond donors (Lipinski definition) is 0. The smallest absolute Gasteiger partial charge is 0.228 e. The number of benzene rings is 1. The molecule has 0 N–H and O–H groups in total. The minimum absolute atomic E-state index is 0.120. The summed E-state index contributed by atoms with van der Waals surface area (Å²) in [4.78, 5) is 20.3. The van der Waals surface area contributed by atoms with Crippen molar-refractivity contribution in [1.82, 2.24) is 19.9 Å². The fourth-order valence-corrected chi connectivity index (χ4v) is 4.30. The fraction of sp³-hybridized carbons (Fsp3) is 0.308. The Morgan fingerprint density at radius 3 is 2.63 bits per heavy atom. The molecule has 7 nitrogen and oxygen atoms in total. The van der Waals surface area contributed by atoms with Crippen molar-refractivity contribution in [2.24, 2.45) is 0 Å². The van der Waals surface area contributed by atoms with Gasteiger partial charge >= 0.3 is 0 Å². The number of aryl methyl sites for hydroxylation is 2. The molecular weight excluding hydrogens is 452 g/mol. The molecule has 9 heteroatoms. The molecule has 0 unspecified atom stereocenters. The van der Waals surface area contributed by atoms with Crippen LogP contribution >= 0.6 is 0 Å². The Labute approximate surface area is 201 Å². The summed E-state index contributed by atoms with van der Waals surface area (Å²) in [5, 5.41) is 0.610. The van der Waals surface area contributed by atoms with E-state index < -0.39 is 11.6 Å². The van der Waals surface area contributed by atoms with E-state index in [0.29, 0.717) is 41.6 Å². The average molecular weight is 478 g/mol. The number of nitrogens with zero attached hydrogens (tertiary/aromatic N) is 5. The van der Waals surface area contributed by atoms with Crippen LogP contribution in [0.1, 0.15) is 29.8 Å². The van der Waals surface area contributed by atoms with Crippen LogP contribution in [-0.4, -0.2) is 46.2 Å². The van der Waals surface area contributed by atoms with Gasteiger partial charge in [-0.2, -0.15) is 4.98 Å². The van der Waals surface area contributed by atoms with Crippen molar-refractivity contribution in [3.8, 4) is 17.1 Å². The third kappa shape index (κ3) is 4.51. The second kappa shape index (κ2) is 9.14. The first-order valence-corrected chi connectivity index (χ1v) is 11.3. The molecule has 5 rings (SSSR count). The highest BCUT2D eigenvalue weighted by atomic mass is 19.1. The number of methoxy groups -OCH3 is 1. The third-order valence-electron chi connectivity index (χ3n) is 6.19. The Bertz CT molecular complexity index is 1410. The Morgan fingerprint density at radius 2 is 1.86 bits per heavy atom. The number of ether oxygens (including phenoxy) is 2. The van der Waals surface area contributed by atoms with Gasteiger partial charge in [-0.3, -0.25) is 0 Å². The van der Waals surface area contributed by atoms with Gasteiger partial charge in [-0.25, -0.2) is 23.7 Å². The van der Waals surface area contributed by atoms with Crippen molar-refractivity contribution in [1.29, 1.82) is 0 Å². The number of pyridine rings is 2. The highest BCUT2D eigenvalue weighted by Gasteiger charge is 2.29. The second-order valence-corrected chi connectivity index (χ2v) is 8.73. The Kier molecular flexibility index (Phi) is 6.02. The van der Waals surface area contributed by atoms with Crippen LogP contribution in [0, 0.1) is 25.5 Å². The van der Waals surface area contributed by atoms with Crippen LogP contribution in [0.4, 0.5) is 14.7 Å². The van der Waals surface area contributed by atoms with E-state index in [9.17, 15) is 8.78 Å². The van der Waals surface area contributed by atoms with E-state index in [1.165, 1.54) is 12.1 Å². The predicted octanol–water partition coefficient (Wildman–Crippen LogP) is 4.96. The Hall–Kier alpha value is -3.72. The van der Waals surface area contributed by atoms with Crippen LogP contribution in [0.2, 0.25) is 0 Å². The zero-order valence-corrected chi connectivity index (χ0v) is 19.9. The zero-order chi connectivity index (χ0) is 24.7. The lowest BCUT2D eigenvalue weighted by Gasteiger charge is -2.37. The van der Waals surface area contributed by atoms with Gasteiger partial charge in [0.15, 0.2) is 5.65 Å². The molecule has 4 heterocycles. The zero-order valence-electron chi connectivity index (χ0n) is 19.9.